The van der Waals surface area contributed by atoms with Gasteiger partial charge in [0.2, 0.25) is 0 Å². The summed E-state index contributed by atoms with van der Waals surface area (Å²) < 4.78 is 32.2. The first-order chi connectivity index (χ1) is 15.2. The molecule has 1 aliphatic carbocycles. The Kier molecular flexibility index (Phi) is 4.50. The molecule has 3 N–H and O–H groups in total. The first kappa shape index (κ1) is 20.2. The second-order valence-electron chi connectivity index (χ2n) is 8.04. The minimum atomic E-state index is -3.11. The number of aromatic carboxylic acids is 1. The van der Waals surface area contributed by atoms with Crippen molar-refractivity contribution in [3.63, 3.8) is 0 Å². The summed E-state index contributed by atoms with van der Waals surface area (Å²) in [4.78, 5) is 30.6. The van der Waals surface area contributed by atoms with Crippen LogP contribution in [-0.4, -0.2) is 49.1 Å². The predicted octanol–water partition coefficient (Wildman–Crippen LogP) is 3.03. The van der Waals surface area contributed by atoms with E-state index in [1.165, 1.54) is 16.8 Å². The molecule has 9 nitrogen and oxygen atoms in total. The largest absolute Gasteiger partial charge is 0.477 e. The number of fused-ring (bicyclic) bond motifs is 2. The number of carbonyl (C=O) groups is 2. The summed E-state index contributed by atoms with van der Waals surface area (Å²) in [6.45, 7) is -0.870. The highest BCUT2D eigenvalue weighted by Crippen LogP contribution is 2.42. The zero-order chi connectivity index (χ0) is 22.7. The molecule has 5 rings (SSSR count). The molecule has 0 saturated heterocycles. The number of ether oxygens (including phenoxy) is 1. The van der Waals surface area contributed by atoms with Crippen molar-refractivity contribution in [1.82, 2.24) is 19.5 Å². The van der Waals surface area contributed by atoms with Gasteiger partial charge in [-0.2, -0.15) is 8.78 Å². The first-order valence-corrected chi connectivity index (χ1v) is 10.1. The average molecular weight is 443 g/mol. The Morgan fingerprint density at radius 2 is 2.09 bits per heavy atom. The molecule has 0 radical (unpaired) electrons. The van der Waals surface area contributed by atoms with E-state index in [9.17, 15) is 23.5 Å². The lowest BCUT2D eigenvalue weighted by molar-refractivity contribution is -0.0501. The maximum absolute atomic E-state index is 13.1. The third kappa shape index (κ3) is 3.20. The van der Waals surface area contributed by atoms with Gasteiger partial charge in [-0.25, -0.2) is 14.3 Å². The Morgan fingerprint density at radius 3 is 2.75 bits per heavy atom. The Hall–Kier alpha value is -3.76. The van der Waals surface area contributed by atoms with E-state index in [1.54, 1.807) is 17.0 Å². The quantitative estimate of drug-likeness (QED) is 0.600. The topological polar surface area (TPSA) is 123 Å². The molecule has 32 heavy (non-hydrogen) atoms. The molecule has 3 aromatic rings. The molecule has 1 aromatic carbocycles. The lowest BCUT2D eigenvalue weighted by atomic mass is 10.0. The summed E-state index contributed by atoms with van der Waals surface area (Å²) in [5.41, 5.74) is 6.85. The predicted molar refractivity (Wildman–Crippen MR) is 108 cm³/mol. The van der Waals surface area contributed by atoms with Crippen molar-refractivity contribution in [3.05, 3.63) is 41.1 Å². The molecule has 1 saturated carbocycles. The van der Waals surface area contributed by atoms with Crippen molar-refractivity contribution < 1.29 is 28.2 Å². The van der Waals surface area contributed by atoms with Crippen molar-refractivity contribution in [2.75, 3.05) is 5.73 Å². The second kappa shape index (κ2) is 7.14. The molecule has 11 heteroatoms. The summed E-state index contributed by atoms with van der Waals surface area (Å²) in [6.07, 6.45) is 3.56. The fraction of sp³-hybridized carbons (Fsp3) is 0.333. The number of nitrogens with two attached hydrogens (primary N) is 1. The number of nitrogens with zero attached hydrogens (tertiary/aromatic N) is 4. The fourth-order valence-electron chi connectivity index (χ4n) is 4.25. The maximum Gasteiger partial charge on any atom is 0.387 e. The van der Waals surface area contributed by atoms with Gasteiger partial charge in [-0.15, -0.1) is 5.10 Å². The number of carboxylic acid groups (broad SMARTS) is 1. The number of amides is 1. The second-order valence-corrected chi connectivity index (χ2v) is 8.04. The number of nitrogen functional groups attached to an aromatic ring is 1. The third-order valence-electron chi connectivity index (χ3n) is 6.03. The molecule has 1 fully saturated rings. The first-order valence-electron chi connectivity index (χ1n) is 10.1. The molecule has 1 amide bonds. The molecular formula is C21H19F2N5O4. The summed E-state index contributed by atoms with van der Waals surface area (Å²) in [5.74, 6) is -1.61. The van der Waals surface area contributed by atoms with Gasteiger partial charge in [0.05, 0.1) is 11.3 Å². The molecule has 0 bridgehead atoms. The van der Waals surface area contributed by atoms with E-state index in [0.29, 0.717) is 22.7 Å². The Balaban J connectivity index is 1.62. The SMILES string of the molecule is C[C@@H](C1CC1)N1Cc2cc(-c3ccn4nc(N)c(C(=O)O)c4n3)cc(OC(F)F)c2C1=O. The van der Waals surface area contributed by atoms with Crippen LogP contribution >= 0.6 is 0 Å². The van der Waals surface area contributed by atoms with Gasteiger partial charge in [0, 0.05) is 24.3 Å². The fourth-order valence-corrected chi connectivity index (χ4v) is 4.25. The van der Waals surface area contributed by atoms with Gasteiger partial charge in [-0.3, -0.25) is 4.79 Å². The van der Waals surface area contributed by atoms with Gasteiger partial charge in [0.25, 0.3) is 5.91 Å². The minimum Gasteiger partial charge on any atom is -0.477 e. The lowest BCUT2D eigenvalue weighted by Crippen LogP contribution is -2.34. The van der Waals surface area contributed by atoms with Gasteiger partial charge in [0.15, 0.2) is 11.5 Å². The van der Waals surface area contributed by atoms with Crippen LogP contribution < -0.4 is 10.5 Å². The van der Waals surface area contributed by atoms with Crippen LogP contribution in [0.5, 0.6) is 5.75 Å². The molecular weight excluding hydrogens is 424 g/mol. The molecule has 166 valence electrons. The Labute approximate surface area is 180 Å². The number of anilines is 1. The molecule has 2 aromatic heterocycles. The standard InChI is InChI=1S/C21H19F2N5O4/c1-9(10-2-3-10)27-8-12-6-11(7-14(32-21(22)23)15(12)19(27)29)13-4-5-28-18(25-13)16(20(30)31)17(24)26-28/h4-7,9-10,21H,2-3,8H2,1H3,(H2,24,26)(H,30,31)/t9-/m0/s1. The van der Waals surface area contributed by atoms with E-state index in [0.717, 1.165) is 12.8 Å². The monoisotopic (exact) mass is 443 g/mol. The maximum atomic E-state index is 13.1. The van der Waals surface area contributed by atoms with Crippen LogP contribution in [0.25, 0.3) is 16.9 Å². The number of aromatic nitrogens is 3. The Morgan fingerprint density at radius 1 is 1.34 bits per heavy atom. The van der Waals surface area contributed by atoms with E-state index >= 15 is 0 Å². The average Bonchev–Trinajstić information content (AvgIpc) is 3.44. The van der Waals surface area contributed by atoms with Crippen molar-refractivity contribution in [2.45, 2.75) is 39.0 Å². The van der Waals surface area contributed by atoms with Crippen molar-refractivity contribution in [1.29, 1.82) is 0 Å². The van der Waals surface area contributed by atoms with Crippen LogP contribution in [0.15, 0.2) is 24.4 Å². The van der Waals surface area contributed by atoms with Crippen molar-refractivity contribution >= 4 is 23.3 Å². The van der Waals surface area contributed by atoms with Crippen molar-refractivity contribution in [2.24, 2.45) is 5.92 Å². The molecule has 1 atom stereocenters. The number of halogens is 2. The third-order valence-corrected chi connectivity index (χ3v) is 6.03. The summed E-state index contributed by atoms with van der Waals surface area (Å²) in [6, 6.07) is 4.58. The highest BCUT2D eigenvalue weighted by Gasteiger charge is 2.40. The normalized spacial score (nSPS) is 16.6. The van der Waals surface area contributed by atoms with Gasteiger partial charge < -0.3 is 20.5 Å². The number of alkyl halides is 2. The minimum absolute atomic E-state index is 0.000110. The smallest absolute Gasteiger partial charge is 0.387 e. The van der Waals surface area contributed by atoms with Crippen LogP contribution in [0.4, 0.5) is 14.6 Å². The van der Waals surface area contributed by atoms with Gasteiger partial charge >= 0.3 is 12.6 Å². The van der Waals surface area contributed by atoms with E-state index in [4.69, 9.17) is 10.5 Å². The number of hydrogen-bond donors (Lipinski definition) is 2. The van der Waals surface area contributed by atoms with E-state index in [1.807, 2.05) is 6.92 Å². The highest BCUT2D eigenvalue weighted by atomic mass is 19.3. The molecule has 3 heterocycles. The number of hydrogen-bond acceptors (Lipinski definition) is 6. The summed E-state index contributed by atoms with van der Waals surface area (Å²) >= 11 is 0. The van der Waals surface area contributed by atoms with Crippen LogP contribution in [0.2, 0.25) is 0 Å². The summed E-state index contributed by atoms with van der Waals surface area (Å²) in [5, 5.41) is 13.3. The molecule has 2 aliphatic rings. The van der Waals surface area contributed by atoms with Gasteiger partial charge in [0.1, 0.15) is 11.3 Å². The summed E-state index contributed by atoms with van der Waals surface area (Å²) in [7, 11) is 0. The van der Waals surface area contributed by atoms with Crippen LogP contribution in [-0.2, 0) is 6.54 Å². The van der Waals surface area contributed by atoms with E-state index in [2.05, 4.69) is 10.1 Å². The van der Waals surface area contributed by atoms with Gasteiger partial charge in [-0.05, 0) is 49.4 Å². The zero-order valence-corrected chi connectivity index (χ0v) is 17.0. The molecule has 0 unspecified atom stereocenters. The van der Waals surface area contributed by atoms with Crippen molar-refractivity contribution in [3.8, 4) is 17.0 Å². The van der Waals surface area contributed by atoms with E-state index in [-0.39, 0.29) is 46.8 Å². The number of rotatable bonds is 6. The lowest BCUT2D eigenvalue weighted by Gasteiger charge is -2.24. The highest BCUT2D eigenvalue weighted by molar-refractivity contribution is 6.02. The molecule has 0 spiro atoms. The van der Waals surface area contributed by atoms with Gasteiger partial charge in [-0.1, -0.05) is 0 Å². The van der Waals surface area contributed by atoms with Crippen LogP contribution in [0, 0.1) is 5.92 Å². The number of carbonyl (C=O) groups excluding carboxylic acids is 1. The number of carboxylic acids is 1. The van der Waals surface area contributed by atoms with E-state index < -0.39 is 12.6 Å². The van der Waals surface area contributed by atoms with Crippen LogP contribution in [0.3, 0.4) is 0 Å². The zero-order valence-electron chi connectivity index (χ0n) is 17.0. The number of benzene rings is 1. The van der Waals surface area contributed by atoms with Crippen LogP contribution in [0.1, 0.15) is 46.0 Å². The molecule has 1 aliphatic heterocycles. The Bertz CT molecular complexity index is 1270.